The second-order valence-corrected chi connectivity index (χ2v) is 14.9. The van der Waals surface area contributed by atoms with E-state index >= 15 is 0 Å². The Kier molecular flexibility index (Phi) is 8.65. The van der Waals surface area contributed by atoms with Crippen LogP contribution in [0.4, 0.5) is 0 Å². The Labute approximate surface area is 360 Å². The van der Waals surface area contributed by atoms with Crippen LogP contribution in [0.5, 0.6) is 0 Å². The molecule has 0 saturated carbocycles. The third-order valence-electron chi connectivity index (χ3n) is 11.6. The van der Waals surface area contributed by atoms with E-state index in [0.717, 1.165) is 105 Å². The van der Waals surface area contributed by atoms with Crippen LogP contribution < -0.4 is 4.98 Å². The van der Waals surface area contributed by atoms with Gasteiger partial charge in [-0.05, 0) is 80.3 Å². The molecule has 8 aromatic carbocycles. The van der Waals surface area contributed by atoms with Gasteiger partial charge in [-0.25, -0.2) is 9.97 Å². The zero-order chi connectivity index (χ0) is 38.9. The SMILES string of the molecule is [Pt+2].[c-]1c(-c2cccc3c2nc(-c2cccc4c2[n-]c2ccccc24)n3-c2ccccc2)ccc2c3cc(-c4ccccc4)ccc3n(-c3cc(-c4ccccc4)ccn3)c12. The van der Waals surface area contributed by atoms with Gasteiger partial charge >= 0.3 is 21.1 Å². The van der Waals surface area contributed by atoms with Crippen molar-refractivity contribution in [1.29, 1.82) is 0 Å². The molecule has 0 unspecified atom stereocenters. The van der Waals surface area contributed by atoms with E-state index in [9.17, 15) is 0 Å². The van der Waals surface area contributed by atoms with Crippen LogP contribution in [0.2, 0.25) is 0 Å². The largest absolute Gasteiger partial charge is 2.00 e. The van der Waals surface area contributed by atoms with Crippen molar-refractivity contribution in [1.82, 2.24) is 24.1 Å². The quantitative estimate of drug-likeness (QED) is 0.156. The van der Waals surface area contributed by atoms with Crippen molar-refractivity contribution in [2.45, 2.75) is 0 Å². The molecule has 0 aliphatic rings. The van der Waals surface area contributed by atoms with Gasteiger partial charge in [0, 0.05) is 23.0 Å². The van der Waals surface area contributed by atoms with Crippen molar-refractivity contribution in [3.8, 4) is 56.3 Å². The molecule has 0 saturated heterocycles. The average molecular weight is 947 g/mol. The molecule has 5 nitrogen and oxygen atoms in total. The summed E-state index contributed by atoms with van der Waals surface area (Å²) in [5.74, 6) is 1.68. The Balaban J connectivity index is 0.00000408. The summed E-state index contributed by atoms with van der Waals surface area (Å²) >= 11 is 0. The summed E-state index contributed by atoms with van der Waals surface area (Å²) in [6.45, 7) is 0. The molecule has 0 aliphatic heterocycles. The van der Waals surface area contributed by atoms with Gasteiger partial charge in [-0.1, -0.05) is 157 Å². The van der Waals surface area contributed by atoms with Crippen LogP contribution in [0, 0.1) is 6.07 Å². The molecular weight excluding hydrogens is 914 g/mol. The number of imidazole rings is 1. The monoisotopic (exact) mass is 946 g/mol. The van der Waals surface area contributed by atoms with Gasteiger partial charge < -0.3 is 9.55 Å². The van der Waals surface area contributed by atoms with Crippen molar-refractivity contribution in [3.05, 3.63) is 206 Å². The van der Waals surface area contributed by atoms with E-state index in [1.807, 2.05) is 18.3 Å². The molecule has 6 heteroatoms. The Morgan fingerprint density at radius 2 is 1.15 bits per heavy atom. The Morgan fingerprint density at radius 3 is 1.95 bits per heavy atom. The summed E-state index contributed by atoms with van der Waals surface area (Å²) in [5.41, 5.74) is 14.4. The summed E-state index contributed by atoms with van der Waals surface area (Å²) in [7, 11) is 0. The summed E-state index contributed by atoms with van der Waals surface area (Å²) in [6, 6.07) is 72.1. The molecular formula is C54H33N5Pt. The van der Waals surface area contributed by atoms with Crippen LogP contribution in [0.15, 0.2) is 200 Å². The van der Waals surface area contributed by atoms with Crippen LogP contribution in [0.1, 0.15) is 0 Å². The molecule has 4 aromatic heterocycles. The number of rotatable bonds is 6. The fourth-order valence-corrected chi connectivity index (χ4v) is 8.82. The van der Waals surface area contributed by atoms with E-state index in [2.05, 4.69) is 197 Å². The molecule has 12 rings (SSSR count). The number of benzene rings is 8. The molecule has 4 heterocycles. The molecule has 60 heavy (non-hydrogen) atoms. The van der Waals surface area contributed by atoms with Crippen molar-refractivity contribution < 1.29 is 21.1 Å². The topological polar surface area (TPSA) is 49.7 Å². The molecule has 0 fully saturated rings. The predicted octanol–water partition coefficient (Wildman–Crippen LogP) is 13.2. The van der Waals surface area contributed by atoms with E-state index in [-0.39, 0.29) is 21.1 Å². The zero-order valence-electron chi connectivity index (χ0n) is 32.1. The summed E-state index contributed by atoms with van der Waals surface area (Å²) in [6.07, 6.45) is 1.90. The van der Waals surface area contributed by atoms with Gasteiger partial charge in [0.2, 0.25) is 0 Å². The second-order valence-electron chi connectivity index (χ2n) is 14.9. The first-order chi connectivity index (χ1) is 29.3. The molecule has 0 radical (unpaired) electrons. The molecule has 0 amide bonds. The van der Waals surface area contributed by atoms with Gasteiger partial charge in [0.25, 0.3) is 0 Å². The zero-order valence-corrected chi connectivity index (χ0v) is 34.4. The van der Waals surface area contributed by atoms with E-state index in [0.29, 0.717) is 0 Å². The first kappa shape index (κ1) is 35.8. The van der Waals surface area contributed by atoms with Crippen LogP contribution >= 0.6 is 0 Å². The number of aromatic nitrogens is 5. The summed E-state index contributed by atoms with van der Waals surface area (Å²) in [4.78, 5) is 15.7. The molecule has 0 atom stereocenters. The maximum absolute atomic E-state index is 5.53. The summed E-state index contributed by atoms with van der Waals surface area (Å²) < 4.78 is 4.53. The number of para-hydroxylation sites is 4. The third kappa shape index (κ3) is 5.73. The fraction of sp³-hybridized carbons (Fsp3) is 0. The van der Waals surface area contributed by atoms with Gasteiger partial charge in [-0.2, -0.15) is 0 Å². The van der Waals surface area contributed by atoms with E-state index < -0.39 is 0 Å². The predicted molar refractivity (Wildman–Crippen MR) is 242 cm³/mol. The number of pyridine rings is 1. The molecule has 284 valence electrons. The number of hydrogen-bond donors (Lipinski definition) is 0. The Morgan fingerprint density at radius 1 is 0.467 bits per heavy atom. The number of hydrogen-bond acceptors (Lipinski definition) is 2. The molecule has 0 spiro atoms. The number of nitrogens with zero attached hydrogens (tertiary/aromatic N) is 5. The van der Waals surface area contributed by atoms with Crippen molar-refractivity contribution in [3.63, 3.8) is 0 Å². The van der Waals surface area contributed by atoms with Crippen molar-refractivity contribution >= 4 is 54.6 Å². The molecule has 0 N–H and O–H groups in total. The van der Waals surface area contributed by atoms with Crippen molar-refractivity contribution in [2.24, 2.45) is 0 Å². The standard InChI is InChI=1S/C54H33N5.Pt/c1-4-14-35(15-5-1)37-27-29-48-46(32-37)43-28-26-39(33-50(43)59(48)51-34-38(30-31-55-51)36-16-6-2-7-17-36)41-21-13-25-49-53(41)57-54(58(49)40-18-8-3-9-19-40)45-23-12-22-44-42-20-10-11-24-47(42)56-52(44)45;/h1-32,34H;/q-2;+2. The maximum atomic E-state index is 5.53. The van der Waals surface area contributed by atoms with Gasteiger partial charge in [0.05, 0.1) is 11.0 Å². The van der Waals surface area contributed by atoms with Gasteiger partial charge in [-0.15, -0.1) is 34.8 Å². The van der Waals surface area contributed by atoms with Crippen LogP contribution in [-0.4, -0.2) is 19.1 Å². The normalized spacial score (nSPS) is 11.5. The maximum Gasteiger partial charge on any atom is 2.00 e. The van der Waals surface area contributed by atoms with E-state index in [1.54, 1.807) is 0 Å². The minimum absolute atomic E-state index is 0. The second kappa shape index (κ2) is 14.5. The molecule has 0 aliphatic carbocycles. The van der Waals surface area contributed by atoms with E-state index in [1.165, 1.54) is 5.56 Å². The third-order valence-corrected chi connectivity index (χ3v) is 11.6. The van der Waals surface area contributed by atoms with Crippen LogP contribution in [0.3, 0.4) is 0 Å². The fourth-order valence-electron chi connectivity index (χ4n) is 8.82. The smallest absolute Gasteiger partial charge is 0.656 e. The minimum atomic E-state index is 0. The van der Waals surface area contributed by atoms with Crippen molar-refractivity contribution in [2.75, 3.05) is 0 Å². The van der Waals surface area contributed by atoms with Crippen LogP contribution in [-0.2, 0) is 21.1 Å². The summed E-state index contributed by atoms with van der Waals surface area (Å²) in [5, 5.41) is 4.52. The minimum Gasteiger partial charge on any atom is -0.656 e. The van der Waals surface area contributed by atoms with Gasteiger partial charge in [-0.3, -0.25) is 4.57 Å². The molecule has 0 bridgehead atoms. The van der Waals surface area contributed by atoms with Crippen LogP contribution in [0.25, 0.3) is 111 Å². The number of fused-ring (bicyclic) bond motifs is 7. The Bertz CT molecular complexity index is 3550. The van der Waals surface area contributed by atoms with Gasteiger partial charge in [0.15, 0.2) is 0 Å². The van der Waals surface area contributed by atoms with E-state index in [4.69, 9.17) is 15.0 Å². The average Bonchev–Trinajstić information content (AvgIpc) is 3.99. The van der Waals surface area contributed by atoms with Gasteiger partial charge in [0.1, 0.15) is 11.6 Å². The first-order valence-corrected chi connectivity index (χ1v) is 19.9. The first-order valence-electron chi connectivity index (χ1n) is 19.9. The Hall–Kier alpha value is -7.33. The molecule has 12 aromatic rings.